The zero-order valence-electron chi connectivity index (χ0n) is 27.6. The van der Waals surface area contributed by atoms with E-state index in [1.807, 2.05) is 0 Å². The van der Waals surface area contributed by atoms with Crippen LogP contribution in [0.25, 0.3) is 96.5 Å². The number of hydrogen-bond acceptors (Lipinski definition) is 0. The predicted octanol–water partition coefficient (Wildman–Crippen LogP) is 12.6. The van der Waals surface area contributed by atoms with Crippen molar-refractivity contribution in [3.63, 3.8) is 0 Å². The summed E-state index contributed by atoms with van der Waals surface area (Å²) in [4.78, 5) is 0. The molecular formula is C48H30N2Se. The van der Waals surface area contributed by atoms with Gasteiger partial charge in [0.05, 0.1) is 0 Å². The summed E-state index contributed by atoms with van der Waals surface area (Å²) in [6.45, 7) is 0. The quantitative estimate of drug-likeness (QED) is 0.161. The van der Waals surface area contributed by atoms with Gasteiger partial charge in [0.25, 0.3) is 0 Å². The molecule has 0 atom stereocenters. The number of rotatable bonds is 4. The molecular weight excluding hydrogens is 684 g/mol. The SMILES string of the molecule is c1ccc(-c2ccccc2-c2ccc(-n3c4ccccc4c4ccc(-n5c6ccccc6c6ccccc65)cc43)c3c2[se]c2ccccc23)cc1. The van der Waals surface area contributed by atoms with E-state index in [4.69, 9.17) is 0 Å². The van der Waals surface area contributed by atoms with Crippen LogP contribution in [0.2, 0.25) is 0 Å². The molecule has 3 heteroatoms. The molecule has 11 rings (SSSR count). The second kappa shape index (κ2) is 11.2. The molecule has 0 aliphatic carbocycles. The van der Waals surface area contributed by atoms with E-state index in [9.17, 15) is 0 Å². The van der Waals surface area contributed by atoms with Crippen LogP contribution in [0.15, 0.2) is 182 Å². The molecule has 0 spiro atoms. The topological polar surface area (TPSA) is 9.86 Å². The molecule has 0 radical (unpaired) electrons. The molecule has 3 heterocycles. The Bertz CT molecular complexity index is 3090. The van der Waals surface area contributed by atoms with Gasteiger partial charge in [0, 0.05) is 0 Å². The number of benzene rings is 8. The van der Waals surface area contributed by atoms with E-state index in [0.29, 0.717) is 0 Å². The van der Waals surface area contributed by atoms with Crippen molar-refractivity contribution >= 4 is 77.4 Å². The molecule has 0 N–H and O–H groups in total. The molecule has 0 bridgehead atoms. The van der Waals surface area contributed by atoms with Crippen molar-refractivity contribution < 1.29 is 0 Å². The molecule has 0 aliphatic rings. The average molecular weight is 714 g/mol. The zero-order chi connectivity index (χ0) is 33.5. The number of para-hydroxylation sites is 3. The van der Waals surface area contributed by atoms with Crippen LogP contribution in [0.4, 0.5) is 0 Å². The Hall–Kier alpha value is -6.12. The molecule has 0 unspecified atom stereocenters. The maximum atomic E-state index is 2.53. The van der Waals surface area contributed by atoms with E-state index in [-0.39, 0.29) is 14.5 Å². The molecule has 0 aliphatic heterocycles. The van der Waals surface area contributed by atoms with E-state index in [1.165, 1.54) is 96.5 Å². The fraction of sp³-hybridized carbons (Fsp3) is 0. The normalized spacial score (nSPS) is 11.9. The van der Waals surface area contributed by atoms with Crippen molar-refractivity contribution in [3.8, 4) is 33.6 Å². The van der Waals surface area contributed by atoms with E-state index >= 15 is 0 Å². The summed E-state index contributed by atoms with van der Waals surface area (Å²) >= 11 is 0.161. The molecule has 3 aromatic heterocycles. The molecule has 0 fully saturated rings. The van der Waals surface area contributed by atoms with Crippen molar-refractivity contribution in [3.05, 3.63) is 182 Å². The third kappa shape index (κ3) is 4.23. The predicted molar refractivity (Wildman–Crippen MR) is 218 cm³/mol. The summed E-state index contributed by atoms with van der Waals surface area (Å²) < 4.78 is 7.86. The molecule has 11 aromatic rings. The first-order valence-electron chi connectivity index (χ1n) is 17.4. The summed E-state index contributed by atoms with van der Waals surface area (Å²) in [5.41, 5.74) is 12.4. The minimum atomic E-state index is 0.161. The van der Waals surface area contributed by atoms with Gasteiger partial charge in [-0.2, -0.15) is 0 Å². The Morgan fingerprint density at radius 2 is 0.902 bits per heavy atom. The van der Waals surface area contributed by atoms with Gasteiger partial charge < -0.3 is 0 Å². The van der Waals surface area contributed by atoms with E-state index in [2.05, 4.69) is 191 Å². The van der Waals surface area contributed by atoms with Crippen molar-refractivity contribution in [2.45, 2.75) is 0 Å². The van der Waals surface area contributed by atoms with Crippen molar-refractivity contribution in [1.29, 1.82) is 0 Å². The molecule has 51 heavy (non-hydrogen) atoms. The molecule has 0 saturated heterocycles. The van der Waals surface area contributed by atoms with Crippen LogP contribution in [0, 0.1) is 0 Å². The Kier molecular flexibility index (Phi) is 6.30. The first-order valence-corrected chi connectivity index (χ1v) is 19.2. The molecule has 8 aromatic carbocycles. The Labute approximate surface area is 300 Å². The second-order valence-corrected chi connectivity index (χ2v) is 15.5. The van der Waals surface area contributed by atoms with Crippen LogP contribution >= 0.6 is 0 Å². The van der Waals surface area contributed by atoms with Gasteiger partial charge >= 0.3 is 302 Å². The first-order chi connectivity index (χ1) is 25.3. The van der Waals surface area contributed by atoms with Crippen LogP contribution in [-0.4, -0.2) is 23.6 Å². The van der Waals surface area contributed by atoms with Crippen LogP contribution in [0.1, 0.15) is 0 Å². The van der Waals surface area contributed by atoms with Gasteiger partial charge in [0.15, 0.2) is 0 Å². The summed E-state index contributed by atoms with van der Waals surface area (Å²) in [5.74, 6) is 0. The zero-order valence-corrected chi connectivity index (χ0v) is 29.3. The van der Waals surface area contributed by atoms with Crippen LogP contribution in [-0.2, 0) is 0 Å². The summed E-state index contributed by atoms with van der Waals surface area (Å²) in [7, 11) is 0. The summed E-state index contributed by atoms with van der Waals surface area (Å²) in [6, 6.07) is 67.0. The van der Waals surface area contributed by atoms with Gasteiger partial charge in [-0.05, 0) is 0 Å². The van der Waals surface area contributed by atoms with Crippen molar-refractivity contribution in [1.82, 2.24) is 9.13 Å². The fourth-order valence-corrected chi connectivity index (χ4v) is 11.0. The second-order valence-electron chi connectivity index (χ2n) is 13.3. The van der Waals surface area contributed by atoms with Gasteiger partial charge in [-0.3, -0.25) is 0 Å². The summed E-state index contributed by atoms with van der Waals surface area (Å²) in [5, 5.41) is 7.79. The van der Waals surface area contributed by atoms with Gasteiger partial charge in [-0.25, -0.2) is 0 Å². The Balaban J connectivity index is 1.23. The third-order valence-corrected chi connectivity index (χ3v) is 13.1. The Morgan fingerprint density at radius 3 is 1.61 bits per heavy atom. The summed E-state index contributed by atoms with van der Waals surface area (Å²) in [6.07, 6.45) is 0. The van der Waals surface area contributed by atoms with Crippen molar-refractivity contribution in [2.24, 2.45) is 0 Å². The van der Waals surface area contributed by atoms with Gasteiger partial charge in [-0.1, -0.05) is 0 Å². The number of fused-ring (bicyclic) bond motifs is 9. The van der Waals surface area contributed by atoms with Crippen LogP contribution in [0.5, 0.6) is 0 Å². The molecule has 0 saturated carbocycles. The molecule has 0 amide bonds. The van der Waals surface area contributed by atoms with Crippen LogP contribution < -0.4 is 0 Å². The third-order valence-electron chi connectivity index (χ3n) is 10.5. The number of hydrogen-bond donors (Lipinski definition) is 0. The Morgan fingerprint density at radius 1 is 0.353 bits per heavy atom. The van der Waals surface area contributed by atoms with E-state index in [1.54, 1.807) is 0 Å². The van der Waals surface area contributed by atoms with E-state index < -0.39 is 0 Å². The van der Waals surface area contributed by atoms with Gasteiger partial charge in [-0.15, -0.1) is 0 Å². The monoisotopic (exact) mass is 714 g/mol. The molecule has 238 valence electrons. The fourth-order valence-electron chi connectivity index (χ4n) is 8.35. The minimum absolute atomic E-state index is 0.161. The van der Waals surface area contributed by atoms with E-state index in [0.717, 1.165) is 0 Å². The van der Waals surface area contributed by atoms with Gasteiger partial charge in [0.1, 0.15) is 0 Å². The number of aromatic nitrogens is 2. The van der Waals surface area contributed by atoms with Crippen molar-refractivity contribution in [2.75, 3.05) is 0 Å². The van der Waals surface area contributed by atoms with Crippen LogP contribution in [0.3, 0.4) is 0 Å². The number of nitrogens with zero attached hydrogens (tertiary/aromatic N) is 2. The maximum absolute atomic E-state index is 2.53. The first kappa shape index (κ1) is 28.7. The standard InChI is InChI=1S/C48H30N2Se/c1-2-14-31(15-3-1)33-16-4-5-17-34(33)39-28-29-44(47-40-21-9-13-25-46(40)51-48(39)47)50-43-24-12-8-20-37(43)38-27-26-32(30-45(38)50)49-41-22-10-6-18-35(41)36-19-7-11-23-42(36)49/h1-30H. The van der Waals surface area contributed by atoms with Gasteiger partial charge in [0.2, 0.25) is 0 Å². The molecule has 2 nitrogen and oxygen atoms in total. The average Bonchev–Trinajstić information content (AvgIpc) is 3.86.